The average molecular weight is 441 g/mol. The highest BCUT2D eigenvalue weighted by molar-refractivity contribution is 6.33. The fraction of sp³-hybridized carbons (Fsp3) is 0.333. The molecule has 2 N–H and O–H groups in total. The lowest BCUT2D eigenvalue weighted by Crippen LogP contribution is -2.32. The van der Waals surface area contributed by atoms with Gasteiger partial charge in [-0.25, -0.2) is 0 Å². The van der Waals surface area contributed by atoms with E-state index in [2.05, 4.69) is 10.6 Å². The van der Waals surface area contributed by atoms with Crippen molar-refractivity contribution in [3.8, 4) is 0 Å². The zero-order chi connectivity index (χ0) is 21.7. The van der Waals surface area contributed by atoms with Gasteiger partial charge in [0.2, 0.25) is 0 Å². The van der Waals surface area contributed by atoms with E-state index in [9.17, 15) is 22.8 Å². The van der Waals surface area contributed by atoms with E-state index in [1.807, 2.05) is 0 Å². The first kappa shape index (κ1) is 22.1. The van der Waals surface area contributed by atoms with E-state index >= 15 is 0 Å². The molecule has 1 heterocycles. The van der Waals surface area contributed by atoms with Gasteiger partial charge in [-0.3, -0.25) is 9.59 Å². The van der Waals surface area contributed by atoms with Crippen molar-refractivity contribution in [2.45, 2.75) is 18.7 Å². The molecular formula is C21H20ClF3N2O3. The predicted molar refractivity (Wildman–Crippen MR) is 105 cm³/mol. The number of nitrogens with one attached hydrogen (secondary N) is 2. The number of ether oxygens (including phenoxy) is 1. The van der Waals surface area contributed by atoms with Crippen LogP contribution in [0.4, 0.5) is 13.2 Å². The summed E-state index contributed by atoms with van der Waals surface area (Å²) in [6, 6.07) is 11.0. The number of amides is 2. The van der Waals surface area contributed by atoms with Crippen LogP contribution in [0.15, 0.2) is 48.5 Å². The molecule has 1 fully saturated rings. The van der Waals surface area contributed by atoms with Crippen LogP contribution in [-0.4, -0.2) is 37.6 Å². The summed E-state index contributed by atoms with van der Waals surface area (Å²) in [6.45, 7) is 0.946. The van der Waals surface area contributed by atoms with Gasteiger partial charge in [-0.1, -0.05) is 29.8 Å². The Morgan fingerprint density at radius 3 is 2.50 bits per heavy atom. The monoisotopic (exact) mass is 440 g/mol. The van der Waals surface area contributed by atoms with E-state index in [0.29, 0.717) is 30.2 Å². The average Bonchev–Trinajstić information content (AvgIpc) is 3.18. The standard InChI is InChI=1S/C21H20ClF3N2O3/c22-18-7-2-1-6-17(18)20(29)27-11-16-8-13(12-30-16)10-26-19(28)14-4-3-5-15(9-14)21(23,24)25/h1-7,9,13,16H,8,10-12H2,(H,26,28)(H,27,29). The molecule has 1 saturated heterocycles. The number of hydrogen-bond donors (Lipinski definition) is 2. The molecule has 30 heavy (non-hydrogen) atoms. The van der Waals surface area contributed by atoms with E-state index in [0.717, 1.165) is 12.1 Å². The predicted octanol–water partition coefficient (Wildman–Crippen LogP) is 3.92. The van der Waals surface area contributed by atoms with Crippen molar-refractivity contribution in [2.75, 3.05) is 19.7 Å². The van der Waals surface area contributed by atoms with Crippen LogP contribution >= 0.6 is 11.6 Å². The molecule has 9 heteroatoms. The summed E-state index contributed by atoms with van der Waals surface area (Å²) in [6.07, 6.45) is -4.12. The fourth-order valence-electron chi connectivity index (χ4n) is 3.19. The van der Waals surface area contributed by atoms with Crippen molar-refractivity contribution < 1.29 is 27.5 Å². The van der Waals surface area contributed by atoms with E-state index < -0.39 is 17.6 Å². The zero-order valence-corrected chi connectivity index (χ0v) is 16.6. The number of hydrogen-bond acceptors (Lipinski definition) is 3. The van der Waals surface area contributed by atoms with Crippen LogP contribution in [0.3, 0.4) is 0 Å². The van der Waals surface area contributed by atoms with Gasteiger partial charge in [-0.2, -0.15) is 13.2 Å². The molecule has 2 unspecified atom stereocenters. The molecule has 0 radical (unpaired) electrons. The summed E-state index contributed by atoms with van der Waals surface area (Å²) >= 11 is 6.00. The Morgan fingerprint density at radius 1 is 1.03 bits per heavy atom. The minimum Gasteiger partial charge on any atom is -0.376 e. The van der Waals surface area contributed by atoms with Crippen molar-refractivity contribution in [3.05, 3.63) is 70.2 Å². The molecule has 5 nitrogen and oxygen atoms in total. The van der Waals surface area contributed by atoms with Crippen molar-refractivity contribution in [1.29, 1.82) is 0 Å². The molecule has 0 bridgehead atoms. The number of alkyl halides is 3. The third-order valence-electron chi connectivity index (χ3n) is 4.78. The van der Waals surface area contributed by atoms with Crippen LogP contribution < -0.4 is 10.6 Å². The first-order valence-corrected chi connectivity index (χ1v) is 9.71. The molecule has 2 aromatic rings. The maximum Gasteiger partial charge on any atom is 0.416 e. The summed E-state index contributed by atoms with van der Waals surface area (Å²) in [5.74, 6) is -0.871. The molecule has 2 aromatic carbocycles. The van der Waals surface area contributed by atoms with E-state index in [1.165, 1.54) is 12.1 Å². The normalized spacial score (nSPS) is 18.8. The first-order chi connectivity index (χ1) is 14.2. The van der Waals surface area contributed by atoms with Gasteiger partial charge in [0.25, 0.3) is 11.8 Å². The highest BCUT2D eigenvalue weighted by Crippen LogP contribution is 2.29. The summed E-state index contributed by atoms with van der Waals surface area (Å²) in [5, 5.41) is 5.78. The third kappa shape index (κ3) is 5.73. The minimum absolute atomic E-state index is 0.00182. The number of benzene rings is 2. The maximum absolute atomic E-state index is 12.8. The van der Waals surface area contributed by atoms with Crippen molar-refractivity contribution in [1.82, 2.24) is 10.6 Å². The fourth-order valence-corrected chi connectivity index (χ4v) is 3.41. The molecule has 2 amide bonds. The molecular weight excluding hydrogens is 421 g/mol. The quantitative estimate of drug-likeness (QED) is 0.715. The van der Waals surface area contributed by atoms with Gasteiger partial charge >= 0.3 is 6.18 Å². The maximum atomic E-state index is 12.8. The van der Waals surface area contributed by atoms with Crippen molar-refractivity contribution >= 4 is 23.4 Å². The number of rotatable bonds is 6. The third-order valence-corrected chi connectivity index (χ3v) is 5.11. The summed E-state index contributed by atoms with van der Waals surface area (Å²) in [5.41, 5.74) is -0.539. The van der Waals surface area contributed by atoms with Crippen LogP contribution in [0.5, 0.6) is 0 Å². The molecule has 2 atom stereocenters. The van der Waals surface area contributed by atoms with Gasteiger partial charge in [0.15, 0.2) is 0 Å². The van der Waals surface area contributed by atoms with Gasteiger partial charge in [0.05, 0.1) is 28.9 Å². The van der Waals surface area contributed by atoms with Crippen LogP contribution in [0.25, 0.3) is 0 Å². The Kier molecular flexibility index (Phi) is 6.99. The second-order valence-corrected chi connectivity index (χ2v) is 7.44. The molecule has 0 saturated carbocycles. The van der Waals surface area contributed by atoms with Crippen LogP contribution in [0, 0.1) is 5.92 Å². The largest absolute Gasteiger partial charge is 0.416 e. The molecule has 3 rings (SSSR count). The first-order valence-electron chi connectivity index (χ1n) is 9.34. The van der Waals surface area contributed by atoms with Gasteiger partial charge < -0.3 is 15.4 Å². The topological polar surface area (TPSA) is 67.4 Å². The lowest BCUT2D eigenvalue weighted by Gasteiger charge is -2.13. The Balaban J connectivity index is 1.45. The second-order valence-electron chi connectivity index (χ2n) is 7.04. The SMILES string of the molecule is O=C(NCC1COC(CNC(=O)c2ccccc2Cl)C1)c1cccc(C(F)(F)F)c1. The molecule has 160 valence electrons. The Hall–Kier alpha value is -2.58. The molecule has 0 aromatic heterocycles. The smallest absolute Gasteiger partial charge is 0.376 e. The van der Waals surface area contributed by atoms with Gasteiger partial charge in [0.1, 0.15) is 0 Å². The van der Waals surface area contributed by atoms with Gasteiger partial charge in [-0.05, 0) is 36.8 Å². The molecule has 1 aliphatic rings. The highest BCUT2D eigenvalue weighted by Gasteiger charge is 2.31. The van der Waals surface area contributed by atoms with Gasteiger partial charge in [0, 0.05) is 24.6 Å². The lowest BCUT2D eigenvalue weighted by molar-refractivity contribution is -0.137. The summed E-state index contributed by atoms with van der Waals surface area (Å²) in [4.78, 5) is 24.4. The molecule has 1 aliphatic heterocycles. The lowest BCUT2D eigenvalue weighted by atomic mass is 10.0. The number of carbonyl (C=O) groups is 2. The van der Waals surface area contributed by atoms with Crippen molar-refractivity contribution in [2.24, 2.45) is 5.92 Å². The Bertz CT molecular complexity index is 920. The minimum atomic E-state index is -4.50. The Morgan fingerprint density at radius 2 is 1.77 bits per heavy atom. The second kappa shape index (κ2) is 9.49. The van der Waals surface area contributed by atoms with Crippen LogP contribution in [-0.2, 0) is 10.9 Å². The van der Waals surface area contributed by atoms with E-state index in [1.54, 1.807) is 24.3 Å². The van der Waals surface area contributed by atoms with Crippen molar-refractivity contribution in [3.63, 3.8) is 0 Å². The number of carbonyl (C=O) groups excluding carboxylic acids is 2. The molecule has 0 spiro atoms. The zero-order valence-electron chi connectivity index (χ0n) is 15.8. The van der Waals surface area contributed by atoms with Gasteiger partial charge in [-0.15, -0.1) is 0 Å². The molecule has 0 aliphatic carbocycles. The highest BCUT2D eigenvalue weighted by atomic mass is 35.5. The Labute approximate surface area is 176 Å². The summed E-state index contributed by atoms with van der Waals surface area (Å²) < 4.78 is 44.0. The van der Waals surface area contributed by atoms with Crippen LogP contribution in [0.1, 0.15) is 32.7 Å². The summed E-state index contributed by atoms with van der Waals surface area (Å²) in [7, 11) is 0. The number of halogens is 4. The van der Waals surface area contributed by atoms with E-state index in [4.69, 9.17) is 16.3 Å². The van der Waals surface area contributed by atoms with Crippen LogP contribution in [0.2, 0.25) is 5.02 Å². The van der Waals surface area contributed by atoms with E-state index in [-0.39, 0.29) is 30.0 Å².